The van der Waals surface area contributed by atoms with Gasteiger partial charge in [-0.2, -0.15) is 11.8 Å². The van der Waals surface area contributed by atoms with Crippen LogP contribution >= 0.6 is 34.9 Å². The van der Waals surface area contributed by atoms with Crippen LogP contribution in [0, 0.1) is 0 Å². The summed E-state index contributed by atoms with van der Waals surface area (Å²) in [6.45, 7) is 0.136. The third-order valence-corrected chi connectivity index (χ3v) is 7.72. The summed E-state index contributed by atoms with van der Waals surface area (Å²) in [5, 5.41) is 17.6. The smallest absolute Gasteiger partial charge is 0.352 e. The number of nitrogens with zero attached hydrogens (tertiary/aromatic N) is 3. The topological polar surface area (TPSA) is 147 Å². The molecule has 1 unspecified atom stereocenters. The molecule has 2 aliphatic heterocycles. The normalized spacial score (nSPS) is 20.0. The van der Waals surface area contributed by atoms with Crippen molar-refractivity contribution in [3.8, 4) is 0 Å². The Morgan fingerprint density at radius 1 is 1.38 bits per heavy atom. The van der Waals surface area contributed by atoms with Crippen molar-refractivity contribution in [3.05, 3.63) is 58.2 Å². The first-order valence-corrected chi connectivity index (χ1v) is 13.4. The van der Waals surface area contributed by atoms with Gasteiger partial charge in [0.25, 0.3) is 11.8 Å². The number of fused-ring (bicyclic) bond motifs is 1. The molecule has 4 rings (SSSR count). The Labute approximate surface area is 207 Å². The lowest BCUT2D eigenvalue weighted by molar-refractivity contribution is -0.150. The van der Waals surface area contributed by atoms with Gasteiger partial charge >= 0.3 is 5.97 Å². The minimum absolute atomic E-state index is 0.000888. The maximum absolute atomic E-state index is 13.1. The van der Waals surface area contributed by atoms with E-state index in [1.54, 1.807) is 5.38 Å². The number of β-lactam (4-membered cyclic amide) rings is 1. The average Bonchev–Trinajstić information content (AvgIpc) is 3.26. The summed E-state index contributed by atoms with van der Waals surface area (Å²) in [4.78, 5) is 48.5. The Kier molecular flexibility index (Phi) is 7.44. The number of thiazole rings is 1. The standard InChI is InChI=1S/C21H21N5O5S3/c1-32-8-12-9-33-19-15(18(28)26(19)16(12)20(29)30)24-17(27)14(13-10-34-21(22)23-13)25-31-7-11-5-3-2-4-6-11/h2-6,10,15,19H,7-9H2,1H3,(H2,22,23)(H,24,27)(H,29,30)/t15?,19-/m1/s1. The number of thioether (sulfide) groups is 2. The van der Waals surface area contributed by atoms with Crippen molar-refractivity contribution in [2.75, 3.05) is 23.5 Å². The largest absolute Gasteiger partial charge is 0.477 e. The predicted octanol–water partition coefficient (Wildman–Crippen LogP) is 1.75. The number of amides is 2. The molecule has 0 bridgehead atoms. The number of carbonyl (C=O) groups is 3. The van der Waals surface area contributed by atoms with E-state index in [1.165, 1.54) is 28.4 Å². The molecule has 2 aliphatic rings. The molecule has 10 nitrogen and oxygen atoms in total. The van der Waals surface area contributed by atoms with E-state index in [0.29, 0.717) is 17.1 Å². The van der Waals surface area contributed by atoms with Crippen LogP contribution < -0.4 is 11.1 Å². The molecule has 34 heavy (non-hydrogen) atoms. The number of carboxylic acid groups (broad SMARTS) is 1. The van der Waals surface area contributed by atoms with Crippen molar-refractivity contribution in [2.45, 2.75) is 18.0 Å². The summed E-state index contributed by atoms with van der Waals surface area (Å²) in [5.41, 5.74) is 7.38. The van der Waals surface area contributed by atoms with Gasteiger partial charge in [-0.05, 0) is 17.4 Å². The zero-order chi connectivity index (χ0) is 24.2. The number of oxime groups is 1. The third kappa shape index (κ3) is 4.91. The lowest BCUT2D eigenvalue weighted by Gasteiger charge is -2.49. The van der Waals surface area contributed by atoms with Crippen molar-refractivity contribution in [1.82, 2.24) is 15.2 Å². The van der Waals surface area contributed by atoms with Gasteiger partial charge in [0.15, 0.2) is 10.8 Å². The first-order chi connectivity index (χ1) is 16.4. The second kappa shape index (κ2) is 10.5. The summed E-state index contributed by atoms with van der Waals surface area (Å²) < 4.78 is 0. The van der Waals surface area contributed by atoms with Crippen molar-refractivity contribution >= 4 is 63.5 Å². The molecule has 1 saturated heterocycles. The molecular formula is C21H21N5O5S3. The summed E-state index contributed by atoms with van der Waals surface area (Å²) in [5.74, 6) is -1.31. The van der Waals surface area contributed by atoms with Gasteiger partial charge in [0.05, 0.1) is 0 Å². The third-order valence-electron chi connectivity index (χ3n) is 5.06. The number of carboxylic acids is 1. The molecule has 0 radical (unpaired) electrons. The second-order valence-electron chi connectivity index (χ2n) is 7.32. The predicted molar refractivity (Wildman–Crippen MR) is 132 cm³/mol. The highest BCUT2D eigenvalue weighted by Gasteiger charge is 2.54. The number of hydrogen-bond acceptors (Lipinski definition) is 10. The number of nitrogens with two attached hydrogens (primary N) is 1. The molecule has 178 valence electrons. The minimum atomic E-state index is -1.15. The van der Waals surface area contributed by atoms with Crippen molar-refractivity contribution in [2.24, 2.45) is 5.16 Å². The van der Waals surface area contributed by atoms with E-state index in [9.17, 15) is 19.5 Å². The van der Waals surface area contributed by atoms with Crippen LogP contribution in [-0.2, 0) is 25.8 Å². The monoisotopic (exact) mass is 519 g/mol. The minimum Gasteiger partial charge on any atom is -0.477 e. The molecule has 1 aromatic heterocycles. The Balaban J connectivity index is 1.50. The highest BCUT2D eigenvalue weighted by atomic mass is 32.2. The molecular weight excluding hydrogens is 498 g/mol. The Bertz CT molecular complexity index is 1170. The van der Waals surface area contributed by atoms with Gasteiger partial charge in [0.2, 0.25) is 0 Å². The molecule has 0 aliphatic carbocycles. The lowest BCUT2D eigenvalue weighted by Crippen LogP contribution is -2.71. The van der Waals surface area contributed by atoms with Gasteiger partial charge < -0.3 is 21.0 Å². The van der Waals surface area contributed by atoms with E-state index in [1.807, 2.05) is 36.6 Å². The summed E-state index contributed by atoms with van der Waals surface area (Å²) in [6, 6.07) is 8.42. The SMILES string of the molecule is CSCC1=C(C(=O)O)N2C(=O)C(NC(=O)C(=NOCc3ccccc3)c3csc(N)n3)[C@H]2SC1. The number of rotatable bonds is 9. The first kappa shape index (κ1) is 24.1. The molecule has 2 atom stereocenters. The van der Waals surface area contributed by atoms with Gasteiger partial charge in [0, 0.05) is 16.9 Å². The molecule has 2 amide bonds. The number of nitrogen functional groups attached to an aromatic ring is 1. The molecule has 1 fully saturated rings. The second-order valence-corrected chi connectivity index (χ2v) is 10.2. The average molecular weight is 520 g/mol. The molecule has 4 N–H and O–H groups in total. The maximum atomic E-state index is 13.1. The van der Waals surface area contributed by atoms with E-state index >= 15 is 0 Å². The molecule has 13 heteroatoms. The number of hydrogen-bond donors (Lipinski definition) is 3. The lowest BCUT2D eigenvalue weighted by atomic mass is 10.0. The zero-order valence-electron chi connectivity index (χ0n) is 18.0. The van der Waals surface area contributed by atoms with Crippen LogP contribution in [0.25, 0.3) is 0 Å². The number of carbonyl (C=O) groups excluding carboxylic acids is 2. The van der Waals surface area contributed by atoms with Gasteiger partial charge in [-0.1, -0.05) is 35.5 Å². The van der Waals surface area contributed by atoms with E-state index in [0.717, 1.165) is 16.9 Å². The number of anilines is 1. The summed E-state index contributed by atoms with van der Waals surface area (Å²) in [6.07, 6.45) is 1.87. The Morgan fingerprint density at radius 2 is 2.15 bits per heavy atom. The molecule has 3 heterocycles. The number of aromatic nitrogens is 1. The number of nitrogens with one attached hydrogen (secondary N) is 1. The van der Waals surface area contributed by atoms with E-state index in [2.05, 4.69) is 15.5 Å². The fourth-order valence-electron chi connectivity index (χ4n) is 3.52. The highest BCUT2D eigenvalue weighted by molar-refractivity contribution is 8.00. The van der Waals surface area contributed by atoms with Crippen LogP contribution in [0.3, 0.4) is 0 Å². The number of benzene rings is 1. The van der Waals surface area contributed by atoms with Crippen LogP contribution in [0.5, 0.6) is 0 Å². The maximum Gasteiger partial charge on any atom is 0.352 e. The van der Waals surface area contributed by atoms with E-state index < -0.39 is 29.2 Å². The van der Waals surface area contributed by atoms with Crippen LogP contribution in [-0.4, -0.2) is 67.7 Å². The van der Waals surface area contributed by atoms with Crippen molar-refractivity contribution in [1.29, 1.82) is 0 Å². The van der Waals surface area contributed by atoms with Gasteiger partial charge in [0.1, 0.15) is 29.4 Å². The molecule has 0 saturated carbocycles. The van der Waals surface area contributed by atoms with E-state index in [4.69, 9.17) is 10.6 Å². The summed E-state index contributed by atoms with van der Waals surface area (Å²) >= 11 is 4.05. The fraction of sp³-hybridized carbons (Fsp3) is 0.286. The van der Waals surface area contributed by atoms with Gasteiger partial charge in [-0.15, -0.1) is 23.1 Å². The fourth-order valence-corrected chi connectivity index (χ4v) is 6.13. The van der Waals surface area contributed by atoms with Crippen LogP contribution in [0.4, 0.5) is 5.13 Å². The number of aliphatic carboxylic acids is 1. The first-order valence-electron chi connectivity index (χ1n) is 10.1. The Hall–Kier alpha value is -3.03. The van der Waals surface area contributed by atoms with Crippen LogP contribution in [0.15, 0.2) is 52.1 Å². The van der Waals surface area contributed by atoms with Crippen LogP contribution in [0.2, 0.25) is 0 Å². The quantitative estimate of drug-likeness (QED) is 0.256. The van der Waals surface area contributed by atoms with Crippen molar-refractivity contribution in [3.63, 3.8) is 0 Å². The van der Waals surface area contributed by atoms with Crippen molar-refractivity contribution < 1.29 is 24.3 Å². The van der Waals surface area contributed by atoms with Gasteiger partial charge in [-0.3, -0.25) is 14.5 Å². The van der Waals surface area contributed by atoms with Crippen LogP contribution in [0.1, 0.15) is 11.3 Å². The Morgan fingerprint density at radius 3 is 2.79 bits per heavy atom. The molecule has 1 aromatic carbocycles. The summed E-state index contributed by atoms with van der Waals surface area (Å²) in [7, 11) is 0. The van der Waals surface area contributed by atoms with E-state index in [-0.39, 0.29) is 28.8 Å². The van der Waals surface area contributed by atoms with Gasteiger partial charge in [-0.25, -0.2) is 9.78 Å². The highest BCUT2D eigenvalue weighted by Crippen LogP contribution is 2.41. The molecule has 0 spiro atoms. The zero-order valence-corrected chi connectivity index (χ0v) is 20.4. The molecule has 2 aromatic rings.